The molecule has 10 nitrogen and oxygen atoms in total. The summed E-state index contributed by atoms with van der Waals surface area (Å²) in [5.41, 5.74) is -0.537. The van der Waals surface area contributed by atoms with Gasteiger partial charge in [0.15, 0.2) is 6.10 Å². The molecule has 0 spiro atoms. The summed E-state index contributed by atoms with van der Waals surface area (Å²) >= 11 is 0. The van der Waals surface area contributed by atoms with E-state index in [4.69, 9.17) is 19.0 Å². The van der Waals surface area contributed by atoms with Crippen LogP contribution in [-0.2, 0) is 9.53 Å². The molecule has 3 aromatic rings. The van der Waals surface area contributed by atoms with Crippen LogP contribution < -0.4 is 10.4 Å². The molecular weight excluding hydrogens is 388 g/mol. The van der Waals surface area contributed by atoms with E-state index in [2.05, 4.69) is 0 Å². The number of ether oxygens (including phenoxy) is 2. The van der Waals surface area contributed by atoms with E-state index in [0.717, 1.165) is 0 Å². The fourth-order valence-corrected chi connectivity index (χ4v) is 3.26. The minimum Gasteiger partial charge on any atom is -0.508 e. The van der Waals surface area contributed by atoms with Crippen molar-refractivity contribution in [3.8, 4) is 11.5 Å². The van der Waals surface area contributed by atoms with E-state index in [9.17, 15) is 30.0 Å². The Labute approximate surface area is 161 Å². The van der Waals surface area contributed by atoms with Gasteiger partial charge in [-0.1, -0.05) is 0 Å². The average Bonchev–Trinajstić information content (AvgIpc) is 2.68. The number of hydrogen-bond acceptors (Lipinski definition) is 9. The highest BCUT2D eigenvalue weighted by atomic mass is 16.7. The number of aromatic hydroxyl groups is 1. The zero-order valence-electron chi connectivity index (χ0n) is 14.6. The maximum absolute atomic E-state index is 12.2. The Balaban J connectivity index is 1.70. The van der Waals surface area contributed by atoms with Crippen LogP contribution in [0.15, 0.2) is 45.6 Å². The fourth-order valence-electron chi connectivity index (χ4n) is 3.26. The number of phenols is 1. The number of carboxylic acid groups (broad SMARTS) is 1. The maximum Gasteiger partial charge on any atom is 0.344 e. The summed E-state index contributed by atoms with van der Waals surface area (Å²) in [7, 11) is 0. The molecule has 2 aromatic carbocycles. The van der Waals surface area contributed by atoms with Gasteiger partial charge in [0, 0.05) is 16.8 Å². The quantitative estimate of drug-likeness (QED) is 0.294. The number of rotatable bonds is 3. The molecule has 10 heteroatoms. The molecule has 0 saturated carbocycles. The molecule has 152 valence electrons. The lowest BCUT2D eigenvalue weighted by molar-refractivity contribution is -0.271. The van der Waals surface area contributed by atoms with E-state index in [-0.39, 0.29) is 22.5 Å². The highest BCUT2D eigenvalue weighted by Crippen LogP contribution is 2.30. The van der Waals surface area contributed by atoms with E-state index in [1.54, 1.807) is 12.1 Å². The lowest BCUT2D eigenvalue weighted by Gasteiger charge is -2.38. The molecule has 5 unspecified atom stereocenters. The van der Waals surface area contributed by atoms with E-state index in [1.165, 1.54) is 24.3 Å². The van der Waals surface area contributed by atoms with Crippen LogP contribution in [0.2, 0.25) is 0 Å². The fraction of sp³-hybridized carbons (Fsp3) is 0.263. The van der Waals surface area contributed by atoms with Crippen molar-refractivity contribution in [1.29, 1.82) is 0 Å². The number of fused-ring (bicyclic) bond motifs is 3. The molecule has 0 aliphatic carbocycles. The molecule has 2 heterocycles. The summed E-state index contributed by atoms with van der Waals surface area (Å²) in [5.74, 6) is -1.55. The summed E-state index contributed by atoms with van der Waals surface area (Å²) in [6, 6.07) is 8.66. The molecule has 0 amide bonds. The Hall–Kier alpha value is -3.18. The second kappa shape index (κ2) is 7.01. The van der Waals surface area contributed by atoms with Crippen LogP contribution in [0.1, 0.15) is 0 Å². The third-order valence-electron chi connectivity index (χ3n) is 4.73. The van der Waals surface area contributed by atoms with Gasteiger partial charge in [0.05, 0.1) is 5.39 Å². The second-order valence-corrected chi connectivity index (χ2v) is 6.63. The van der Waals surface area contributed by atoms with Gasteiger partial charge in [0.25, 0.3) is 0 Å². The Morgan fingerprint density at radius 1 is 0.931 bits per heavy atom. The standard InChI is InChI=1S/C19H16O10/c20-7-1-3-9-10-4-2-8(6-12(10)28-18(26)11(9)5-7)27-19-15(23)13(21)14(22)16(29-19)17(24)25/h1-6,13-16,19-23H,(H,24,25). The number of hydrogen-bond donors (Lipinski definition) is 5. The Kier molecular flexibility index (Phi) is 4.63. The summed E-state index contributed by atoms with van der Waals surface area (Å²) < 4.78 is 15.8. The average molecular weight is 404 g/mol. The highest BCUT2D eigenvalue weighted by molar-refractivity contribution is 6.04. The molecule has 0 radical (unpaired) electrons. The van der Waals surface area contributed by atoms with E-state index >= 15 is 0 Å². The molecule has 5 atom stereocenters. The smallest absolute Gasteiger partial charge is 0.344 e. The van der Waals surface area contributed by atoms with Crippen LogP contribution in [0.25, 0.3) is 21.7 Å². The monoisotopic (exact) mass is 404 g/mol. The van der Waals surface area contributed by atoms with Crippen LogP contribution in [0.4, 0.5) is 0 Å². The lowest BCUT2D eigenvalue weighted by Crippen LogP contribution is -2.61. The van der Waals surface area contributed by atoms with Gasteiger partial charge in [-0.2, -0.15) is 0 Å². The van der Waals surface area contributed by atoms with Gasteiger partial charge in [0.2, 0.25) is 6.29 Å². The predicted octanol–water partition coefficient (Wildman–Crippen LogP) is -0.0772. The van der Waals surface area contributed by atoms with Crippen LogP contribution in [0.5, 0.6) is 11.5 Å². The molecule has 5 N–H and O–H groups in total. The first-order valence-corrected chi connectivity index (χ1v) is 8.55. The van der Waals surface area contributed by atoms with Crippen LogP contribution in [0.3, 0.4) is 0 Å². The molecule has 0 bridgehead atoms. The number of aliphatic hydroxyl groups excluding tert-OH is 3. The Morgan fingerprint density at radius 3 is 2.38 bits per heavy atom. The van der Waals surface area contributed by atoms with Gasteiger partial charge in [-0.05, 0) is 30.3 Å². The molecule has 29 heavy (non-hydrogen) atoms. The van der Waals surface area contributed by atoms with E-state index < -0.39 is 42.3 Å². The van der Waals surface area contributed by atoms with Crippen molar-refractivity contribution in [2.45, 2.75) is 30.7 Å². The highest BCUT2D eigenvalue weighted by Gasteiger charge is 2.48. The number of carbonyl (C=O) groups is 1. The van der Waals surface area contributed by atoms with Crippen molar-refractivity contribution in [3.63, 3.8) is 0 Å². The molecule has 1 fully saturated rings. The number of aliphatic carboxylic acids is 1. The predicted molar refractivity (Wildman–Crippen MR) is 96.6 cm³/mol. The number of phenolic OH excluding ortho intramolecular Hbond substituents is 1. The molecule has 1 aliphatic rings. The van der Waals surface area contributed by atoms with Crippen molar-refractivity contribution in [1.82, 2.24) is 0 Å². The number of aliphatic hydroxyl groups is 3. The largest absolute Gasteiger partial charge is 0.508 e. The topological polar surface area (TPSA) is 167 Å². The normalized spacial score (nSPS) is 27.2. The minimum atomic E-state index is -1.83. The molecule has 4 rings (SSSR count). The third-order valence-corrected chi connectivity index (χ3v) is 4.73. The minimum absolute atomic E-state index is 0.0653. The molecule has 1 saturated heterocycles. The second-order valence-electron chi connectivity index (χ2n) is 6.63. The summed E-state index contributed by atoms with van der Waals surface area (Å²) in [5, 5.41) is 49.6. The van der Waals surface area contributed by atoms with E-state index in [0.29, 0.717) is 10.8 Å². The zero-order chi connectivity index (χ0) is 20.9. The van der Waals surface area contributed by atoms with Crippen molar-refractivity contribution in [2.75, 3.05) is 0 Å². The summed E-state index contributed by atoms with van der Waals surface area (Å²) in [6.07, 6.45) is -8.74. The molecular formula is C19H16O10. The first-order valence-electron chi connectivity index (χ1n) is 8.55. The van der Waals surface area contributed by atoms with Crippen LogP contribution in [0, 0.1) is 0 Å². The SMILES string of the molecule is O=C(O)C1OC(Oc2ccc3c(c2)oc(=O)c2cc(O)ccc23)C(O)C(O)C1O. The van der Waals surface area contributed by atoms with Gasteiger partial charge >= 0.3 is 11.6 Å². The first-order chi connectivity index (χ1) is 13.8. The summed E-state index contributed by atoms with van der Waals surface area (Å²) in [4.78, 5) is 23.4. The zero-order valence-corrected chi connectivity index (χ0v) is 14.6. The van der Waals surface area contributed by atoms with Crippen molar-refractivity contribution in [3.05, 3.63) is 46.8 Å². The van der Waals surface area contributed by atoms with Crippen molar-refractivity contribution < 1.29 is 44.2 Å². The van der Waals surface area contributed by atoms with Gasteiger partial charge in [-0.15, -0.1) is 0 Å². The van der Waals surface area contributed by atoms with Gasteiger partial charge < -0.3 is 39.4 Å². The maximum atomic E-state index is 12.2. The number of carboxylic acids is 1. The lowest BCUT2D eigenvalue weighted by atomic mass is 9.99. The molecule has 1 aromatic heterocycles. The van der Waals surface area contributed by atoms with Crippen LogP contribution >= 0.6 is 0 Å². The van der Waals surface area contributed by atoms with Crippen molar-refractivity contribution >= 4 is 27.7 Å². The Bertz CT molecular complexity index is 1150. The summed E-state index contributed by atoms with van der Waals surface area (Å²) in [6.45, 7) is 0. The van der Waals surface area contributed by atoms with Gasteiger partial charge in [-0.3, -0.25) is 0 Å². The number of benzene rings is 2. The van der Waals surface area contributed by atoms with Gasteiger partial charge in [0.1, 0.15) is 35.4 Å². The van der Waals surface area contributed by atoms with E-state index in [1.807, 2.05) is 0 Å². The third kappa shape index (κ3) is 3.28. The first kappa shape index (κ1) is 19.2. The van der Waals surface area contributed by atoms with Crippen molar-refractivity contribution in [2.24, 2.45) is 0 Å². The van der Waals surface area contributed by atoms with Crippen LogP contribution in [-0.4, -0.2) is 62.2 Å². The molecule has 1 aliphatic heterocycles. The van der Waals surface area contributed by atoms with Gasteiger partial charge in [-0.25, -0.2) is 9.59 Å². The Morgan fingerprint density at radius 2 is 1.66 bits per heavy atom.